The van der Waals surface area contributed by atoms with Gasteiger partial charge in [-0.15, -0.1) is 0 Å². The summed E-state index contributed by atoms with van der Waals surface area (Å²) in [6, 6.07) is 27.4. The zero-order valence-electron chi connectivity index (χ0n) is 66.8. The molecule has 6 aromatic carbocycles. The van der Waals surface area contributed by atoms with Gasteiger partial charge in [-0.3, -0.25) is 20.2 Å². The molecule has 2 aliphatic rings. The molecule has 2 fully saturated rings. The fraction of sp³-hybridized carbons (Fsp3) is 0.387. The summed E-state index contributed by atoms with van der Waals surface area (Å²) >= 11 is 0. The van der Waals surface area contributed by atoms with Gasteiger partial charge in [-0.05, 0) is 208 Å². The van der Waals surface area contributed by atoms with Crippen LogP contribution in [0.3, 0.4) is 0 Å². The molecule has 0 bridgehead atoms. The van der Waals surface area contributed by atoms with Crippen molar-refractivity contribution in [3.63, 3.8) is 0 Å². The molecule has 4 aromatic heterocycles. The van der Waals surface area contributed by atoms with Gasteiger partial charge in [0.1, 0.15) is 49.2 Å². The van der Waals surface area contributed by atoms with Gasteiger partial charge in [0.25, 0.3) is 24.2 Å². The minimum atomic E-state index is -2.71. The van der Waals surface area contributed by atoms with Gasteiger partial charge < -0.3 is 29.0 Å². The summed E-state index contributed by atoms with van der Waals surface area (Å²) in [5.74, 6) is -0.253. The molecule has 0 amide bonds. The van der Waals surface area contributed by atoms with Crippen LogP contribution in [0.1, 0.15) is 208 Å². The van der Waals surface area contributed by atoms with Crippen LogP contribution < -0.4 is 22.8 Å². The van der Waals surface area contributed by atoms with Gasteiger partial charge in [-0.25, -0.2) is 65.9 Å². The van der Waals surface area contributed by atoms with Crippen LogP contribution in [-0.2, 0) is 68.7 Å². The van der Waals surface area contributed by atoms with Gasteiger partial charge in [-0.1, -0.05) is 112 Å². The zero-order valence-corrected chi connectivity index (χ0v) is 66.8. The highest BCUT2D eigenvalue weighted by Gasteiger charge is 2.31. The van der Waals surface area contributed by atoms with E-state index in [0.29, 0.717) is 60.7 Å². The van der Waals surface area contributed by atoms with Crippen LogP contribution in [0.2, 0.25) is 0 Å². The minimum absolute atomic E-state index is 0.0925. The maximum atomic E-state index is 13.4. The number of tetrazole rings is 4. The molecule has 44 heteroatoms. The van der Waals surface area contributed by atoms with Crippen molar-refractivity contribution in [2.45, 2.75) is 192 Å². The Morgan fingerprint density at radius 3 is 0.891 bits per heavy atom. The summed E-state index contributed by atoms with van der Waals surface area (Å²) in [6.45, 7) is 21.6. The Labute approximate surface area is 673 Å². The van der Waals surface area contributed by atoms with Gasteiger partial charge >= 0.3 is 22.8 Å². The van der Waals surface area contributed by atoms with E-state index in [1.165, 1.54) is 107 Å². The van der Waals surface area contributed by atoms with Crippen molar-refractivity contribution in [2.24, 2.45) is 30.9 Å². The molecule has 0 saturated heterocycles. The fourth-order valence-electron chi connectivity index (χ4n) is 10.4. The van der Waals surface area contributed by atoms with Crippen LogP contribution in [-0.4, -0.2) is 125 Å². The number of nitro benzene ring substituents is 2. The number of nitrogens with zero attached hydrogens (tertiary/aromatic N) is 20. The molecule has 2 saturated carbocycles. The second-order valence-electron chi connectivity index (χ2n) is 26.5. The number of hydrogen-bond acceptors (Lipinski definition) is 28. The Morgan fingerprint density at radius 1 is 0.395 bits per heavy atom. The van der Waals surface area contributed by atoms with Crippen molar-refractivity contribution in [3.8, 4) is 22.7 Å². The first-order chi connectivity index (χ1) is 57.0. The zero-order chi connectivity index (χ0) is 86.8. The summed E-state index contributed by atoms with van der Waals surface area (Å²) in [7, 11) is 0. The fourth-order valence-corrected chi connectivity index (χ4v) is 10.4. The standard InChI is InChI=1S/C15H19N5O2.C14H17N5O2.C13H15F2N5O2.C12H13F2N5O2.C11H13FN2O3.C10H11FN2O3/c1-3-10(2)17-22-9-13-12(11-7-8-11)5-4-6-14(13)20-15(21)16-18-19-20;1-9(2)16-21-8-12-11(10-6-7-10)4-3-5-13(12)19-14(20)15-17-18-19;1-3-8(2)17-22-7-10-9(12(14)15)5-4-6-11(10)20-13(21)16-18-19-20;1-7(2)16-21-6-9-8(11(13)14)4-3-5-10(9)19-12(20)15-17-18-19;1-3-8(2)13-17-7-9-10(12)5-4-6-11(9)14(15)16;1-7(2)12-16-6-8-9(11)4-3-5-10(8)13(14)15/h4-6,11H,3,7-9H2,1-2H3,(H,16,19,21);3-5,10H,6-8H2,1-2H3,(H,15,18,20);4-6,12H,3,7H2,1-2H3,(H,16,19,21);3-5,11H,6H2,1-2H3,(H,15,18,20);4-6H,3,7H2,1-2H3;3-5H,6H2,1-2H3. The minimum Gasteiger partial charge on any atom is -0.391 e. The quantitative estimate of drug-likeness (QED) is 0.0136. The predicted molar refractivity (Wildman–Crippen MR) is 423 cm³/mol. The molecule has 38 nitrogen and oxygen atoms in total. The first-order valence-corrected chi connectivity index (χ1v) is 36.8. The van der Waals surface area contributed by atoms with Crippen LogP contribution in [0.4, 0.5) is 37.7 Å². The Kier molecular flexibility index (Phi) is 35.6. The second kappa shape index (κ2) is 45.9. The molecule has 0 spiro atoms. The third kappa shape index (κ3) is 27.6. The van der Waals surface area contributed by atoms with Crippen LogP contribution in [0, 0.1) is 31.9 Å². The molecule has 119 heavy (non-hydrogen) atoms. The number of nitro groups is 2. The van der Waals surface area contributed by atoms with Gasteiger partial charge in [0.15, 0.2) is 13.2 Å². The first kappa shape index (κ1) is 92.2. The molecule has 4 heterocycles. The van der Waals surface area contributed by atoms with Crippen molar-refractivity contribution in [1.82, 2.24) is 80.8 Å². The number of alkyl halides is 4. The number of aromatic amines is 4. The topological polar surface area (TPSA) is 470 Å². The molecular weight excluding hydrogens is 1570 g/mol. The number of benzene rings is 6. The van der Waals surface area contributed by atoms with Crippen molar-refractivity contribution >= 4 is 45.6 Å². The Morgan fingerprint density at radius 2 is 0.647 bits per heavy atom. The predicted octanol–water partition coefficient (Wildman–Crippen LogP) is 13.6. The first-order valence-electron chi connectivity index (χ1n) is 36.8. The number of rotatable bonds is 31. The third-order valence-corrected chi connectivity index (χ3v) is 16.8. The second-order valence-corrected chi connectivity index (χ2v) is 26.5. The van der Waals surface area contributed by atoms with Gasteiger partial charge in [0, 0.05) is 45.5 Å². The van der Waals surface area contributed by atoms with Crippen molar-refractivity contribution in [2.75, 3.05) is 0 Å². The van der Waals surface area contributed by atoms with Gasteiger partial charge in [-0.2, -0.15) is 18.7 Å². The van der Waals surface area contributed by atoms with Gasteiger partial charge in [0.05, 0.1) is 66.9 Å². The van der Waals surface area contributed by atoms with E-state index in [-0.39, 0.29) is 93.9 Å². The van der Waals surface area contributed by atoms with Crippen molar-refractivity contribution in [3.05, 3.63) is 239 Å². The molecule has 0 atom stereocenters. The monoisotopic (exact) mass is 1660 g/mol. The molecule has 634 valence electrons. The maximum Gasteiger partial charge on any atom is 0.365 e. The summed E-state index contributed by atoms with van der Waals surface area (Å²) in [5, 5.41) is 81.6. The lowest BCUT2D eigenvalue weighted by Crippen LogP contribution is -2.18. The van der Waals surface area contributed by atoms with Crippen LogP contribution in [0.25, 0.3) is 22.7 Å². The van der Waals surface area contributed by atoms with E-state index in [1.807, 2.05) is 65.8 Å². The average Bonchev–Trinajstić information content (AvgIpc) is 1.66. The van der Waals surface area contributed by atoms with Crippen LogP contribution >= 0.6 is 0 Å². The molecule has 12 rings (SSSR count). The van der Waals surface area contributed by atoms with E-state index in [4.69, 9.17) is 29.0 Å². The lowest BCUT2D eigenvalue weighted by molar-refractivity contribution is -0.386. The Balaban J connectivity index is 0.000000198. The maximum absolute atomic E-state index is 13.4. The molecule has 4 N–H and O–H groups in total. The number of hydrogen-bond donors (Lipinski definition) is 4. The average molecular weight is 1660 g/mol. The van der Waals surface area contributed by atoms with E-state index in [1.54, 1.807) is 41.5 Å². The molecular formula is C75H88F6N24O14. The largest absolute Gasteiger partial charge is 0.391 e. The molecule has 10 aromatic rings. The highest BCUT2D eigenvalue weighted by molar-refractivity contribution is 5.82. The molecule has 0 aliphatic heterocycles. The summed E-state index contributed by atoms with van der Waals surface area (Å²) in [6.07, 6.45) is 1.49. The van der Waals surface area contributed by atoms with E-state index < -0.39 is 45.7 Å². The lowest BCUT2D eigenvalue weighted by Gasteiger charge is -2.12. The number of H-pyrrole nitrogens is 4. The summed E-state index contributed by atoms with van der Waals surface area (Å²) in [4.78, 5) is 97.5. The lowest BCUT2D eigenvalue weighted by atomic mass is 10.0. The van der Waals surface area contributed by atoms with E-state index in [0.717, 1.165) is 61.9 Å². The summed E-state index contributed by atoms with van der Waals surface area (Å²) < 4.78 is 83.6. The highest BCUT2D eigenvalue weighted by Crippen LogP contribution is 2.44. The summed E-state index contributed by atoms with van der Waals surface area (Å²) in [5.41, 5.74) is 7.63. The third-order valence-electron chi connectivity index (χ3n) is 16.8. The molecule has 2 aliphatic carbocycles. The Hall–Kier alpha value is -14.0. The number of oxime groups is 6. The van der Waals surface area contributed by atoms with E-state index in [2.05, 4.69) is 105 Å². The number of aromatic nitrogens is 16. The highest BCUT2D eigenvalue weighted by atomic mass is 19.3. The van der Waals surface area contributed by atoms with Crippen molar-refractivity contribution < 1.29 is 65.2 Å². The van der Waals surface area contributed by atoms with Crippen molar-refractivity contribution in [1.29, 1.82) is 0 Å². The normalized spacial score (nSPS) is 12.3. The smallest absolute Gasteiger partial charge is 0.365 e. The van der Waals surface area contributed by atoms with Crippen LogP contribution in [0.5, 0.6) is 0 Å². The van der Waals surface area contributed by atoms with Crippen LogP contribution in [0.15, 0.2) is 159 Å². The van der Waals surface area contributed by atoms with Gasteiger partial charge in [0.2, 0.25) is 0 Å². The molecule has 0 unspecified atom stereocenters. The molecule has 0 radical (unpaired) electrons. The number of halogens is 6. The SMILES string of the molecule is CC(C)=NOCc1c(C(F)F)cccc1-n1nn[nH]c1=O.CC(C)=NOCc1c(C2CC2)cccc1-n1nn[nH]c1=O.CC(C)=NOCc1c(F)cccc1[N+](=O)[O-].CCC(C)=NOCc1c(C(F)F)cccc1-n1nn[nH]c1=O.CCC(C)=NOCc1c(C2CC2)cccc1-n1nn[nH]c1=O.CCC(C)=NOCc1c(F)cccc1[N+](=O)[O-]. The number of nitrogens with one attached hydrogen (secondary N) is 4. The Bertz CT molecular complexity index is 5240. The van der Waals surface area contributed by atoms with E-state index in [9.17, 15) is 65.7 Å². The van der Waals surface area contributed by atoms with E-state index >= 15 is 0 Å².